The second kappa shape index (κ2) is 7.62. The molecule has 0 aromatic heterocycles. The number of carboxylic acids is 2. The molecule has 20 heavy (non-hydrogen) atoms. The van der Waals surface area contributed by atoms with Gasteiger partial charge in [0.1, 0.15) is 0 Å². The summed E-state index contributed by atoms with van der Waals surface area (Å²) in [6.45, 7) is -0.128. The highest BCUT2D eigenvalue weighted by Gasteiger charge is 2.18. The maximum atomic E-state index is 11.2. The first-order chi connectivity index (χ1) is 9.51. The molecule has 0 radical (unpaired) electrons. The number of aromatic carboxylic acids is 2. The Morgan fingerprint density at radius 1 is 0.800 bits per heavy atom. The Morgan fingerprint density at radius 2 is 1.20 bits per heavy atom. The molecule has 0 amide bonds. The number of aliphatic hydroxyl groups is 2. The Hall–Kier alpha value is -1.92. The minimum atomic E-state index is -1.19. The van der Waals surface area contributed by atoms with Gasteiger partial charge in [-0.05, 0) is 42.9 Å². The van der Waals surface area contributed by atoms with Crippen molar-refractivity contribution < 1.29 is 30.0 Å². The van der Waals surface area contributed by atoms with Gasteiger partial charge < -0.3 is 20.4 Å². The Balaban J connectivity index is 3.27. The highest BCUT2D eigenvalue weighted by molar-refractivity contribution is 5.96. The molecule has 4 N–H and O–H groups in total. The van der Waals surface area contributed by atoms with Gasteiger partial charge in [-0.15, -0.1) is 0 Å². The molecule has 0 heterocycles. The molecule has 1 rings (SSSR count). The zero-order valence-corrected chi connectivity index (χ0v) is 11.0. The van der Waals surface area contributed by atoms with Crippen LogP contribution in [0, 0.1) is 0 Å². The summed E-state index contributed by atoms with van der Waals surface area (Å²) in [5, 5.41) is 36.0. The molecule has 0 saturated heterocycles. The first-order valence-corrected chi connectivity index (χ1v) is 6.35. The number of carboxylic acid groups (broad SMARTS) is 2. The predicted octanol–water partition coefficient (Wildman–Crippen LogP) is 0.933. The lowest BCUT2D eigenvalue weighted by atomic mass is 9.93. The van der Waals surface area contributed by atoms with Crippen molar-refractivity contribution in [3.8, 4) is 0 Å². The van der Waals surface area contributed by atoms with Crippen molar-refractivity contribution in [1.82, 2.24) is 0 Å². The summed E-state index contributed by atoms with van der Waals surface area (Å²) in [5.41, 5.74) is 0.904. The number of rotatable bonds is 8. The summed E-state index contributed by atoms with van der Waals surface area (Å²) in [7, 11) is 0. The number of hydrogen-bond acceptors (Lipinski definition) is 4. The minimum Gasteiger partial charge on any atom is -0.478 e. The molecule has 1 aromatic rings. The number of benzene rings is 1. The number of hydrogen-bond donors (Lipinski definition) is 4. The van der Waals surface area contributed by atoms with Crippen LogP contribution in [-0.2, 0) is 12.8 Å². The van der Waals surface area contributed by atoms with Crippen molar-refractivity contribution in [3.05, 3.63) is 34.4 Å². The summed E-state index contributed by atoms with van der Waals surface area (Å²) in [4.78, 5) is 22.4. The molecule has 0 atom stereocenters. The Labute approximate surface area is 116 Å². The summed E-state index contributed by atoms with van der Waals surface area (Å²) < 4.78 is 0. The molecule has 110 valence electrons. The minimum absolute atomic E-state index is 0.0522. The van der Waals surface area contributed by atoms with Gasteiger partial charge in [0.2, 0.25) is 0 Å². The van der Waals surface area contributed by atoms with E-state index < -0.39 is 11.9 Å². The second-order valence-corrected chi connectivity index (χ2v) is 4.43. The van der Waals surface area contributed by atoms with Gasteiger partial charge in [0.25, 0.3) is 0 Å². The van der Waals surface area contributed by atoms with Crippen molar-refractivity contribution in [2.45, 2.75) is 25.7 Å². The van der Waals surface area contributed by atoms with Crippen LogP contribution >= 0.6 is 0 Å². The molecule has 0 unspecified atom stereocenters. The summed E-state index contributed by atoms with van der Waals surface area (Å²) in [5.74, 6) is -2.37. The van der Waals surface area contributed by atoms with E-state index in [9.17, 15) is 9.59 Å². The molecule has 0 aliphatic carbocycles. The van der Waals surface area contributed by atoms with E-state index in [0.717, 1.165) is 6.07 Å². The third-order valence-electron chi connectivity index (χ3n) is 3.00. The van der Waals surface area contributed by atoms with Crippen LogP contribution in [0.2, 0.25) is 0 Å². The molecule has 6 heteroatoms. The van der Waals surface area contributed by atoms with Crippen molar-refractivity contribution >= 4 is 11.9 Å². The molecule has 0 aliphatic rings. The third-order valence-corrected chi connectivity index (χ3v) is 3.00. The molecular formula is C14H18O6. The molecule has 0 saturated carbocycles. The zero-order chi connectivity index (χ0) is 15.1. The number of carbonyl (C=O) groups is 2. The smallest absolute Gasteiger partial charge is 0.335 e. The molecule has 0 aliphatic heterocycles. The van der Waals surface area contributed by atoms with Crippen molar-refractivity contribution in [1.29, 1.82) is 0 Å². The van der Waals surface area contributed by atoms with E-state index in [-0.39, 0.29) is 24.3 Å². The molecule has 1 aromatic carbocycles. The molecule has 0 bridgehead atoms. The van der Waals surface area contributed by atoms with E-state index >= 15 is 0 Å². The van der Waals surface area contributed by atoms with Gasteiger partial charge in [0.05, 0.1) is 11.1 Å². The van der Waals surface area contributed by atoms with E-state index in [1.54, 1.807) is 6.07 Å². The van der Waals surface area contributed by atoms with Crippen LogP contribution in [0.25, 0.3) is 0 Å². The Morgan fingerprint density at radius 3 is 1.50 bits per heavy atom. The normalized spacial score (nSPS) is 10.5. The van der Waals surface area contributed by atoms with Gasteiger partial charge in [-0.3, -0.25) is 0 Å². The molecular weight excluding hydrogens is 264 g/mol. The highest BCUT2D eigenvalue weighted by Crippen LogP contribution is 2.20. The van der Waals surface area contributed by atoms with Crippen molar-refractivity contribution in [3.63, 3.8) is 0 Å². The first-order valence-electron chi connectivity index (χ1n) is 6.35. The van der Waals surface area contributed by atoms with Crippen LogP contribution < -0.4 is 0 Å². The van der Waals surface area contributed by atoms with Crippen LogP contribution in [0.1, 0.15) is 44.7 Å². The maximum Gasteiger partial charge on any atom is 0.335 e. The third kappa shape index (κ3) is 4.04. The van der Waals surface area contributed by atoms with Crippen LogP contribution in [0.4, 0.5) is 0 Å². The topological polar surface area (TPSA) is 115 Å². The summed E-state index contributed by atoms with van der Waals surface area (Å²) >= 11 is 0. The second-order valence-electron chi connectivity index (χ2n) is 4.43. The van der Waals surface area contributed by atoms with Crippen LogP contribution in [0.3, 0.4) is 0 Å². The van der Waals surface area contributed by atoms with E-state index in [4.69, 9.17) is 20.4 Å². The summed E-state index contributed by atoms with van der Waals surface area (Å²) in [6, 6.07) is 2.71. The number of aliphatic hydroxyl groups excluding tert-OH is 2. The van der Waals surface area contributed by atoms with E-state index in [0.29, 0.717) is 36.8 Å². The zero-order valence-electron chi connectivity index (χ0n) is 11.0. The van der Waals surface area contributed by atoms with Gasteiger partial charge >= 0.3 is 11.9 Å². The Kier molecular flexibility index (Phi) is 6.14. The molecule has 0 fully saturated rings. The quantitative estimate of drug-likeness (QED) is 0.564. The van der Waals surface area contributed by atoms with Crippen LogP contribution in [0.5, 0.6) is 0 Å². The standard InChI is InChI=1S/C14H18O6/c15-5-1-3-9-7-10(4-2-6-16)12(14(19)20)8-11(9)13(17)18/h7-8,15-16H,1-6H2,(H,17,18)(H,19,20). The molecule has 0 spiro atoms. The lowest BCUT2D eigenvalue weighted by molar-refractivity contribution is 0.0694. The SMILES string of the molecule is O=C(O)c1cc(C(=O)O)c(CCCO)cc1CCCO. The first kappa shape index (κ1) is 16.1. The fraction of sp³-hybridized carbons (Fsp3) is 0.429. The largest absolute Gasteiger partial charge is 0.478 e. The average Bonchev–Trinajstić information content (AvgIpc) is 2.41. The van der Waals surface area contributed by atoms with Gasteiger partial charge in [0.15, 0.2) is 0 Å². The average molecular weight is 282 g/mol. The van der Waals surface area contributed by atoms with E-state index in [2.05, 4.69) is 0 Å². The van der Waals surface area contributed by atoms with Gasteiger partial charge in [0, 0.05) is 13.2 Å². The predicted molar refractivity (Wildman–Crippen MR) is 71.2 cm³/mol. The van der Waals surface area contributed by atoms with Crippen molar-refractivity contribution in [2.24, 2.45) is 0 Å². The fourth-order valence-electron chi connectivity index (χ4n) is 2.05. The van der Waals surface area contributed by atoms with Gasteiger partial charge in [-0.2, -0.15) is 0 Å². The monoisotopic (exact) mass is 282 g/mol. The van der Waals surface area contributed by atoms with Crippen LogP contribution in [-0.4, -0.2) is 45.6 Å². The maximum absolute atomic E-state index is 11.2. The Bertz CT molecular complexity index is 453. The van der Waals surface area contributed by atoms with E-state index in [1.807, 2.05) is 0 Å². The molecule has 6 nitrogen and oxygen atoms in total. The lowest BCUT2D eigenvalue weighted by Gasteiger charge is -2.12. The van der Waals surface area contributed by atoms with Crippen LogP contribution in [0.15, 0.2) is 12.1 Å². The number of aryl methyl sites for hydroxylation is 2. The van der Waals surface area contributed by atoms with Gasteiger partial charge in [-0.1, -0.05) is 6.07 Å². The fourth-order valence-corrected chi connectivity index (χ4v) is 2.05. The van der Waals surface area contributed by atoms with Gasteiger partial charge in [-0.25, -0.2) is 9.59 Å². The van der Waals surface area contributed by atoms with E-state index in [1.165, 1.54) is 0 Å². The highest BCUT2D eigenvalue weighted by atomic mass is 16.4. The summed E-state index contributed by atoms with van der Waals surface area (Å²) in [6.07, 6.45) is 1.55. The van der Waals surface area contributed by atoms with Crippen molar-refractivity contribution in [2.75, 3.05) is 13.2 Å². The lowest BCUT2D eigenvalue weighted by Crippen LogP contribution is -2.11.